The summed E-state index contributed by atoms with van der Waals surface area (Å²) in [5.41, 5.74) is 5.17. The summed E-state index contributed by atoms with van der Waals surface area (Å²) >= 11 is 3.29. The van der Waals surface area contributed by atoms with Crippen LogP contribution >= 0.6 is 15.9 Å². The molecule has 1 aromatic heterocycles. The van der Waals surface area contributed by atoms with Gasteiger partial charge < -0.3 is 4.57 Å². The number of fused-ring (bicyclic) bond motifs is 1. The molecule has 0 N–H and O–H groups in total. The highest BCUT2D eigenvalue weighted by atomic mass is 79.9. The van der Waals surface area contributed by atoms with Crippen LogP contribution in [0.5, 0.6) is 0 Å². The zero-order valence-corrected chi connectivity index (χ0v) is 17.3. The third-order valence-corrected chi connectivity index (χ3v) is 6.18. The number of amides is 1. The lowest BCUT2D eigenvalue weighted by Gasteiger charge is -2.28. The lowest BCUT2D eigenvalue weighted by atomic mass is 9.96. The summed E-state index contributed by atoms with van der Waals surface area (Å²) in [6.07, 6.45) is 0. The molecular weight excluding hydrogens is 407 g/mol. The van der Waals surface area contributed by atoms with Gasteiger partial charge in [0.15, 0.2) is 0 Å². The van der Waals surface area contributed by atoms with E-state index in [0.29, 0.717) is 15.7 Å². The normalized spacial score (nSPS) is 17.5. The molecule has 1 aliphatic heterocycles. The molecule has 0 fully saturated rings. The molecule has 1 atom stereocenters. The van der Waals surface area contributed by atoms with Gasteiger partial charge in [-0.15, -0.1) is 0 Å². The van der Waals surface area contributed by atoms with E-state index < -0.39 is 5.82 Å². The zero-order chi connectivity index (χ0) is 19.5. The second kappa shape index (κ2) is 6.34. The number of para-hydroxylation sites is 1. The molecule has 0 spiro atoms. The molecule has 2 heterocycles. The van der Waals surface area contributed by atoms with E-state index in [2.05, 4.69) is 39.6 Å². The van der Waals surface area contributed by atoms with Crippen molar-refractivity contribution in [1.82, 2.24) is 4.57 Å². The first-order chi connectivity index (χ1) is 12.8. The number of hydrogen-bond donors (Lipinski definition) is 0. The summed E-state index contributed by atoms with van der Waals surface area (Å²) in [7, 11) is 2.02. The van der Waals surface area contributed by atoms with Crippen LogP contribution in [0, 0.1) is 12.7 Å². The first kappa shape index (κ1) is 18.0. The molecule has 27 heavy (non-hydrogen) atoms. The number of nitrogens with zero attached hydrogens (tertiary/aromatic N) is 2. The van der Waals surface area contributed by atoms with E-state index in [0.717, 1.165) is 27.7 Å². The number of aromatic nitrogens is 1. The topological polar surface area (TPSA) is 25.2 Å². The van der Waals surface area contributed by atoms with E-state index in [9.17, 15) is 9.18 Å². The molecule has 0 saturated heterocycles. The van der Waals surface area contributed by atoms with E-state index in [1.165, 1.54) is 6.07 Å². The third kappa shape index (κ3) is 2.56. The van der Waals surface area contributed by atoms with Crippen molar-refractivity contribution in [2.24, 2.45) is 7.05 Å². The second-order valence-electron chi connectivity index (χ2n) is 7.06. The highest BCUT2D eigenvalue weighted by molar-refractivity contribution is 9.10. The Bertz CT molecular complexity index is 1130. The molecule has 5 heteroatoms. The van der Waals surface area contributed by atoms with Crippen LogP contribution in [0.25, 0.3) is 10.9 Å². The lowest BCUT2D eigenvalue weighted by Crippen LogP contribution is -2.31. The number of halogens is 2. The van der Waals surface area contributed by atoms with Gasteiger partial charge in [-0.1, -0.05) is 34.1 Å². The highest BCUT2D eigenvalue weighted by Crippen LogP contribution is 2.45. The fraction of sp³-hybridized carbons (Fsp3) is 0.227. The van der Waals surface area contributed by atoms with Crippen molar-refractivity contribution >= 4 is 38.4 Å². The van der Waals surface area contributed by atoms with Crippen molar-refractivity contribution in [1.29, 1.82) is 0 Å². The van der Waals surface area contributed by atoms with Crippen LogP contribution in [0.3, 0.4) is 0 Å². The highest BCUT2D eigenvalue weighted by Gasteiger charge is 2.40. The summed E-state index contributed by atoms with van der Waals surface area (Å²) in [5.74, 6) is -0.561. The van der Waals surface area contributed by atoms with E-state index in [4.69, 9.17) is 0 Å². The van der Waals surface area contributed by atoms with Crippen LogP contribution in [0.1, 0.15) is 31.1 Å². The van der Waals surface area contributed by atoms with Gasteiger partial charge in [0.25, 0.3) is 5.91 Å². The van der Waals surface area contributed by atoms with Crippen molar-refractivity contribution < 1.29 is 9.18 Å². The summed E-state index contributed by atoms with van der Waals surface area (Å²) in [5, 5.41) is 1.09. The molecule has 2 aromatic carbocycles. The van der Waals surface area contributed by atoms with Crippen LogP contribution in [0.15, 0.2) is 58.1 Å². The van der Waals surface area contributed by atoms with Crippen LogP contribution in [-0.4, -0.2) is 10.5 Å². The monoisotopic (exact) mass is 426 g/mol. The summed E-state index contributed by atoms with van der Waals surface area (Å²) in [6.45, 7) is 5.84. The molecular formula is C22H20BrFN2O. The number of hydrogen-bond acceptors (Lipinski definition) is 1. The minimum absolute atomic E-state index is 0.147. The van der Waals surface area contributed by atoms with Crippen molar-refractivity contribution in [3.63, 3.8) is 0 Å². The fourth-order valence-corrected chi connectivity index (χ4v) is 4.36. The predicted molar refractivity (Wildman–Crippen MR) is 110 cm³/mol. The van der Waals surface area contributed by atoms with Gasteiger partial charge in [0.1, 0.15) is 5.82 Å². The van der Waals surface area contributed by atoms with Crippen LogP contribution in [-0.2, 0) is 11.8 Å². The smallest absolute Gasteiger partial charge is 0.254 e. The van der Waals surface area contributed by atoms with Gasteiger partial charge in [0.05, 0.1) is 11.7 Å². The van der Waals surface area contributed by atoms with Gasteiger partial charge in [-0.25, -0.2) is 4.39 Å². The number of anilines is 1. The van der Waals surface area contributed by atoms with Crippen molar-refractivity contribution in [2.75, 3.05) is 4.90 Å². The SMILES string of the molecule is CC1=C(C)C(c2c(C)n(C)c3ccccc23)N(c2ccc(Br)cc2F)C1=O. The molecule has 0 bridgehead atoms. The maximum atomic E-state index is 14.8. The van der Waals surface area contributed by atoms with Gasteiger partial charge in [-0.05, 0) is 50.6 Å². The first-order valence-electron chi connectivity index (χ1n) is 8.82. The van der Waals surface area contributed by atoms with Crippen LogP contribution in [0.2, 0.25) is 0 Å². The standard InChI is InChI=1S/C22H20BrFN2O/c1-12-13(2)22(27)26(19-10-9-15(23)11-17(19)24)21(12)20-14(3)25(4)18-8-6-5-7-16(18)20/h5-11,21H,1-4H3. The van der Waals surface area contributed by atoms with Gasteiger partial charge in [0.2, 0.25) is 0 Å². The maximum Gasteiger partial charge on any atom is 0.254 e. The number of benzene rings is 2. The number of carbonyl (C=O) groups excluding carboxylic acids is 1. The molecule has 0 aliphatic carbocycles. The van der Waals surface area contributed by atoms with Gasteiger partial charge >= 0.3 is 0 Å². The van der Waals surface area contributed by atoms with Crippen LogP contribution in [0.4, 0.5) is 10.1 Å². The Morgan fingerprint density at radius 2 is 1.78 bits per heavy atom. The predicted octanol–water partition coefficient (Wildman–Crippen LogP) is 5.81. The molecule has 0 radical (unpaired) electrons. The zero-order valence-electron chi connectivity index (χ0n) is 15.7. The third-order valence-electron chi connectivity index (χ3n) is 5.69. The first-order valence-corrected chi connectivity index (χ1v) is 9.62. The average molecular weight is 427 g/mol. The van der Waals surface area contributed by atoms with Crippen molar-refractivity contribution in [3.8, 4) is 0 Å². The lowest BCUT2D eigenvalue weighted by molar-refractivity contribution is -0.114. The van der Waals surface area contributed by atoms with E-state index in [1.54, 1.807) is 17.0 Å². The Morgan fingerprint density at radius 3 is 2.48 bits per heavy atom. The average Bonchev–Trinajstić information content (AvgIpc) is 3.01. The number of carbonyl (C=O) groups is 1. The minimum atomic E-state index is -0.414. The second-order valence-corrected chi connectivity index (χ2v) is 7.97. The van der Waals surface area contributed by atoms with E-state index >= 15 is 0 Å². The molecule has 4 rings (SSSR count). The molecule has 0 saturated carbocycles. The minimum Gasteiger partial charge on any atom is -0.348 e. The molecule has 1 unspecified atom stereocenters. The van der Waals surface area contributed by atoms with Gasteiger partial charge in [0, 0.05) is 39.3 Å². The Balaban J connectivity index is 2.00. The summed E-state index contributed by atoms with van der Waals surface area (Å²) in [4.78, 5) is 14.7. The van der Waals surface area contributed by atoms with Gasteiger partial charge in [-0.2, -0.15) is 0 Å². The maximum absolute atomic E-state index is 14.8. The van der Waals surface area contributed by atoms with Crippen molar-refractivity contribution in [2.45, 2.75) is 26.8 Å². The summed E-state index contributed by atoms with van der Waals surface area (Å²) < 4.78 is 17.6. The van der Waals surface area contributed by atoms with Gasteiger partial charge in [-0.3, -0.25) is 9.69 Å². The largest absolute Gasteiger partial charge is 0.348 e. The van der Waals surface area contributed by atoms with Crippen molar-refractivity contribution in [3.05, 3.63) is 75.2 Å². The Kier molecular flexibility index (Phi) is 4.22. The quantitative estimate of drug-likeness (QED) is 0.507. The molecule has 1 amide bonds. The molecule has 138 valence electrons. The van der Waals surface area contributed by atoms with E-state index in [-0.39, 0.29) is 11.9 Å². The van der Waals surface area contributed by atoms with E-state index in [1.807, 2.05) is 33.0 Å². The Labute approximate surface area is 166 Å². The summed E-state index contributed by atoms with van der Waals surface area (Å²) in [6, 6.07) is 12.7. The molecule has 3 nitrogen and oxygen atoms in total. The number of aryl methyl sites for hydroxylation is 1. The Morgan fingerprint density at radius 1 is 1.07 bits per heavy atom. The van der Waals surface area contributed by atoms with Crippen LogP contribution < -0.4 is 4.90 Å². The fourth-order valence-electron chi connectivity index (χ4n) is 4.03. The Hall–Kier alpha value is -2.40. The number of rotatable bonds is 2. The molecule has 1 aliphatic rings. The molecule has 3 aromatic rings.